The van der Waals surface area contributed by atoms with E-state index in [9.17, 15) is 0 Å². The van der Waals surface area contributed by atoms with Gasteiger partial charge in [0.1, 0.15) is 0 Å². The zero-order valence-electron chi connectivity index (χ0n) is 20.1. The Morgan fingerprint density at radius 3 is 2.76 bits per heavy atom. The highest BCUT2D eigenvalue weighted by Gasteiger charge is 2.26. The third-order valence-corrected chi connectivity index (χ3v) is 6.76. The smallest absolute Gasteiger partial charge is 0.227 e. The average molecular weight is 473 g/mol. The van der Waals surface area contributed by atoms with Crippen LogP contribution in [0.1, 0.15) is 67.8 Å². The lowest BCUT2D eigenvalue weighted by molar-refractivity contribution is 0.459. The molecule has 0 saturated heterocycles. The molecule has 0 atom stereocenters. The molecule has 4 N–H and O–H groups in total. The monoisotopic (exact) mass is 472 g/mol. The average Bonchev–Trinajstić information content (AvgIpc) is 3.62. The summed E-state index contributed by atoms with van der Waals surface area (Å²) in [5, 5.41) is 6.84. The lowest BCUT2D eigenvalue weighted by Crippen LogP contribution is -2.31. The number of nitrogens with two attached hydrogens (primary N) is 1. The third kappa shape index (κ3) is 5.26. The van der Waals surface area contributed by atoms with Crippen molar-refractivity contribution in [2.45, 2.75) is 70.8 Å². The molecule has 5 rings (SSSR count). The molecule has 1 aliphatic heterocycles. The molecule has 34 heavy (non-hydrogen) atoms. The van der Waals surface area contributed by atoms with Gasteiger partial charge in [0.2, 0.25) is 5.95 Å². The van der Waals surface area contributed by atoms with Crippen molar-refractivity contribution in [3.63, 3.8) is 0 Å². The van der Waals surface area contributed by atoms with E-state index in [2.05, 4.69) is 58.7 Å². The van der Waals surface area contributed by atoms with E-state index >= 15 is 0 Å². The Bertz CT molecular complexity index is 1240. The topological polar surface area (TPSA) is 88.8 Å². The van der Waals surface area contributed by atoms with Crippen molar-refractivity contribution in [2.75, 3.05) is 10.6 Å². The van der Waals surface area contributed by atoms with Crippen LogP contribution >= 0.6 is 12.2 Å². The Kier molecular flexibility index (Phi) is 6.08. The largest absolute Gasteiger partial charge is 0.349 e. The molecular weight excluding hydrogens is 440 g/mol. The van der Waals surface area contributed by atoms with E-state index in [1.165, 1.54) is 24.0 Å². The van der Waals surface area contributed by atoms with Crippen LogP contribution in [-0.4, -0.2) is 25.5 Å². The summed E-state index contributed by atoms with van der Waals surface area (Å²) >= 11 is 5.60. The summed E-state index contributed by atoms with van der Waals surface area (Å²) in [6.07, 6.45) is 9.93. The minimum atomic E-state index is -0.151. The van der Waals surface area contributed by atoms with Gasteiger partial charge in [-0.15, -0.1) is 0 Å². The van der Waals surface area contributed by atoms with E-state index in [1.54, 1.807) is 0 Å². The lowest BCUT2D eigenvalue weighted by atomic mass is 9.97. The molecule has 0 spiro atoms. The van der Waals surface area contributed by atoms with E-state index in [4.69, 9.17) is 22.9 Å². The molecule has 2 aliphatic rings. The van der Waals surface area contributed by atoms with E-state index in [0.717, 1.165) is 58.1 Å². The van der Waals surface area contributed by atoms with Crippen molar-refractivity contribution < 1.29 is 0 Å². The number of thiocarbonyl (C=S) groups is 1. The molecule has 2 aromatic heterocycles. The van der Waals surface area contributed by atoms with Gasteiger partial charge in [0, 0.05) is 41.2 Å². The molecular formula is C27H32N6S. The van der Waals surface area contributed by atoms with Crippen LogP contribution < -0.4 is 16.4 Å². The molecule has 7 heteroatoms. The van der Waals surface area contributed by atoms with Crippen LogP contribution in [-0.2, 0) is 12.8 Å². The fourth-order valence-electron chi connectivity index (χ4n) is 4.45. The summed E-state index contributed by atoms with van der Waals surface area (Å²) in [5.41, 5.74) is 14.5. The van der Waals surface area contributed by atoms with Gasteiger partial charge in [0.15, 0.2) is 0 Å². The summed E-state index contributed by atoms with van der Waals surface area (Å²) < 4.78 is 0. The number of nitrogens with zero attached hydrogens (tertiary/aromatic N) is 3. The van der Waals surface area contributed by atoms with Gasteiger partial charge in [-0.2, -0.15) is 0 Å². The predicted octanol–water partition coefficient (Wildman–Crippen LogP) is 5.82. The summed E-state index contributed by atoms with van der Waals surface area (Å²) in [6, 6.07) is 8.79. The summed E-state index contributed by atoms with van der Waals surface area (Å²) in [5.74, 6) is 1.25. The van der Waals surface area contributed by atoms with Crippen molar-refractivity contribution in [3.8, 4) is 11.3 Å². The highest BCUT2D eigenvalue weighted by atomic mass is 32.1. The standard InChI is InChI=1S/C27H32N6S/c1-16-22(11-17(14-29-16)5-4-10-27(2,3)28)32-26-30-15-20-13-24(34)31-23-12-19(18-6-7-18)8-9-21(23)25(20)33-26/h8-9,11-12,14-15,18H,4-7,10,13,28H2,1-3H3,(H,31,34)(H,30,32,33). The van der Waals surface area contributed by atoms with Gasteiger partial charge >= 0.3 is 0 Å². The van der Waals surface area contributed by atoms with Crippen LogP contribution in [0.15, 0.2) is 36.7 Å². The zero-order chi connectivity index (χ0) is 23.9. The van der Waals surface area contributed by atoms with Crippen LogP contribution in [0.2, 0.25) is 0 Å². The first-order valence-corrected chi connectivity index (χ1v) is 12.5. The highest BCUT2D eigenvalue weighted by Crippen LogP contribution is 2.43. The first-order chi connectivity index (χ1) is 16.2. The first-order valence-electron chi connectivity index (χ1n) is 12.1. The van der Waals surface area contributed by atoms with Crippen molar-refractivity contribution in [2.24, 2.45) is 5.73 Å². The SMILES string of the molecule is Cc1ncc(CCCC(C)(C)N)cc1Nc1ncc2c(n1)-c1ccc(C3CC3)cc1NC(=S)C2. The minimum Gasteiger partial charge on any atom is -0.349 e. The maximum absolute atomic E-state index is 6.13. The number of hydrogen-bond donors (Lipinski definition) is 3. The van der Waals surface area contributed by atoms with Gasteiger partial charge < -0.3 is 16.4 Å². The van der Waals surface area contributed by atoms with Gasteiger partial charge in [-0.1, -0.05) is 24.4 Å². The molecule has 176 valence electrons. The van der Waals surface area contributed by atoms with Gasteiger partial charge in [-0.25, -0.2) is 9.97 Å². The fraction of sp³-hybridized carbons (Fsp3) is 0.407. The summed E-state index contributed by atoms with van der Waals surface area (Å²) in [6.45, 7) is 6.13. The number of aryl methyl sites for hydroxylation is 2. The van der Waals surface area contributed by atoms with E-state index in [0.29, 0.717) is 18.3 Å². The molecule has 0 radical (unpaired) electrons. The van der Waals surface area contributed by atoms with Crippen molar-refractivity contribution >= 4 is 34.5 Å². The number of rotatable bonds is 7. The molecule has 3 heterocycles. The maximum Gasteiger partial charge on any atom is 0.227 e. The summed E-state index contributed by atoms with van der Waals surface area (Å²) in [4.78, 5) is 14.9. The van der Waals surface area contributed by atoms with Crippen molar-refractivity contribution in [1.82, 2.24) is 15.0 Å². The Balaban J connectivity index is 1.42. The number of anilines is 3. The van der Waals surface area contributed by atoms with Crippen LogP contribution in [0.3, 0.4) is 0 Å². The number of nitrogens with one attached hydrogen (secondary N) is 2. The molecule has 0 amide bonds. The number of aromatic nitrogens is 3. The molecule has 0 unspecified atom stereocenters. The number of fused-ring (bicyclic) bond motifs is 3. The quantitative estimate of drug-likeness (QED) is 0.373. The molecule has 3 aromatic rings. The number of benzene rings is 1. The molecule has 1 fully saturated rings. The van der Waals surface area contributed by atoms with Crippen LogP contribution in [0.4, 0.5) is 17.3 Å². The third-order valence-electron chi connectivity index (χ3n) is 6.51. The van der Waals surface area contributed by atoms with Crippen LogP contribution in [0, 0.1) is 6.92 Å². The van der Waals surface area contributed by atoms with E-state index < -0.39 is 0 Å². The Labute approximate surface area is 206 Å². The molecule has 0 bridgehead atoms. The Hall–Kier alpha value is -2.90. The Morgan fingerprint density at radius 1 is 1.18 bits per heavy atom. The van der Waals surface area contributed by atoms with Crippen molar-refractivity contribution in [1.29, 1.82) is 0 Å². The highest BCUT2D eigenvalue weighted by molar-refractivity contribution is 7.80. The Morgan fingerprint density at radius 2 is 2.00 bits per heavy atom. The van der Waals surface area contributed by atoms with Gasteiger partial charge in [-0.05, 0) is 82.1 Å². The molecule has 1 aromatic carbocycles. The normalized spacial score (nSPS) is 15.2. The number of pyridine rings is 1. The van der Waals surface area contributed by atoms with Crippen LogP contribution in [0.5, 0.6) is 0 Å². The van der Waals surface area contributed by atoms with Gasteiger partial charge in [0.25, 0.3) is 0 Å². The molecule has 6 nitrogen and oxygen atoms in total. The lowest BCUT2D eigenvalue weighted by Gasteiger charge is -2.18. The van der Waals surface area contributed by atoms with Gasteiger partial charge in [-0.3, -0.25) is 4.98 Å². The summed E-state index contributed by atoms with van der Waals surface area (Å²) in [7, 11) is 0. The van der Waals surface area contributed by atoms with E-state index in [1.807, 2.05) is 19.3 Å². The first kappa shape index (κ1) is 22.9. The second-order valence-corrected chi connectivity index (χ2v) is 10.8. The fourth-order valence-corrected chi connectivity index (χ4v) is 4.71. The zero-order valence-corrected chi connectivity index (χ0v) is 20.9. The number of hydrogen-bond acceptors (Lipinski definition) is 6. The van der Waals surface area contributed by atoms with Gasteiger partial charge in [0.05, 0.1) is 22.1 Å². The predicted molar refractivity (Wildman–Crippen MR) is 143 cm³/mol. The van der Waals surface area contributed by atoms with Crippen LogP contribution in [0.25, 0.3) is 11.3 Å². The maximum atomic E-state index is 6.13. The van der Waals surface area contributed by atoms with E-state index in [-0.39, 0.29) is 5.54 Å². The second kappa shape index (κ2) is 9.04. The molecule has 1 aliphatic carbocycles. The second-order valence-electron chi connectivity index (χ2n) is 10.3. The minimum absolute atomic E-state index is 0.151. The van der Waals surface area contributed by atoms with Crippen molar-refractivity contribution in [3.05, 3.63) is 59.0 Å². The molecule has 1 saturated carbocycles.